The molecule has 1 saturated heterocycles. The maximum Gasteiger partial charge on any atom is 0.317 e. The number of hydrogen-bond donors (Lipinski definition) is 1. The monoisotopic (exact) mass is 376 g/mol. The van der Waals surface area contributed by atoms with Crippen molar-refractivity contribution in [3.63, 3.8) is 0 Å². The summed E-state index contributed by atoms with van der Waals surface area (Å²) in [5.74, 6) is -0.728. The van der Waals surface area contributed by atoms with E-state index in [0.717, 1.165) is 32.5 Å². The Morgan fingerprint density at radius 2 is 1.85 bits per heavy atom. The van der Waals surface area contributed by atoms with Gasteiger partial charge in [-0.05, 0) is 48.7 Å². The second-order valence-corrected chi connectivity index (χ2v) is 7.01. The van der Waals surface area contributed by atoms with E-state index in [2.05, 4.69) is 59.2 Å². The Balaban J connectivity index is 0.00000243. The second kappa shape index (κ2) is 9.36. The number of likely N-dealkylation sites (N-methyl/N-ethyl adjacent to an activating group) is 1. The minimum atomic E-state index is -0.728. The first kappa shape index (κ1) is 20.7. The lowest BCUT2D eigenvalue weighted by Crippen LogP contribution is -2.47. The number of carbonyl (C=O) groups is 1. The number of halogens is 1. The number of carboxylic acid groups (broad SMARTS) is 1. The number of fused-ring (bicyclic) bond motifs is 1. The van der Waals surface area contributed by atoms with Crippen LogP contribution in [0, 0.1) is 0 Å². The maximum atomic E-state index is 11.0. The third-order valence-electron chi connectivity index (χ3n) is 5.56. The molecule has 0 saturated carbocycles. The molecule has 1 N–H and O–H groups in total. The highest BCUT2D eigenvalue weighted by Crippen LogP contribution is 2.28. The fourth-order valence-corrected chi connectivity index (χ4v) is 3.99. The van der Waals surface area contributed by atoms with Gasteiger partial charge in [0.1, 0.15) is 0 Å². The van der Waals surface area contributed by atoms with Crippen molar-refractivity contribution in [2.75, 3.05) is 26.2 Å². The van der Waals surface area contributed by atoms with E-state index in [9.17, 15) is 4.79 Å². The van der Waals surface area contributed by atoms with E-state index in [1.165, 1.54) is 16.3 Å². The van der Waals surface area contributed by atoms with Crippen molar-refractivity contribution >= 4 is 29.1 Å². The normalized spacial score (nSPS) is 17.2. The number of nitrogens with zero attached hydrogens (tertiary/aromatic N) is 2. The minimum absolute atomic E-state index is 0. The van der Waals surface area contributed by atoms with Crippen LogP contribution in [0.2, 0.25) is 0 Å². The zero-order chi connectivity index (χ0) is 17.8. The van der Waals surface area contributed by atoms with Gasteiger partial charge in [-0.15, -0.1) is 12.4 Å². The lowest BCUT2D eigenvalue weighted by Gasteiger charge is -2.40. The molecule has 1 atom stereocenters. The molecule has 5 heteroatoms. The molecule has 2 aromatic rings. The van der Waals surface area contributed by atoms with Crippen LogP contribution in [0.5, 0.6) is 0 Å². The summed E-state index contributed by atoms with van der Waals surface area (Å²) in [6.45, 7) is 7.33. The topological polar surface area (TPSA) is 43.8 Å². The van der Waals surface area contributed by atoms with E-state index in [0.29, 0.717) is 12.1 Å². The van der Waals surface area contributed by atoms with Crippen molar-refractivity contribution in [2.24, 2.45) is 0 Å². The summed E-state index contributed by atoms with van der Waals surface area (Å²) < 4.78 is 0. The van der Waals surface area contributed by atoms with Crippen LogP contribution in [0.3, 0.4) is 0 Å². The van der Waals surface area contributed by atoms with Crippen molar-refractivity contribution in [3.8, 4) is 0 Å². The second-order valence-electron chi connectivity index (χ2n) is 7.01. The number of hydrogen-bond acceptors (Lipinski definition) is 3. The van der Waals surface area contributed by atoms with Crippen molar-refractivity contribution in [3.05, 3.63) is 48.0 Å². The molecule has 3 rings (SSSR count). The quantitative estimate of drug-likeness (QED) is 0.820. The lowest BCUT2D eigenvalue weighted by atomic mass is 9.97. The lowest BCUT2D eigenvalue weighted by molar-refractivity contribution is -0.139. The summed E-state index contributed by atoms with van der Waals surface area (Å²) in [5, 5.41) is 11.6. The van der Waals surface area contributed by atoms with Gasteiger partial charge in [0.2, 0.25) is 0 Å². The average molecular weight is 377 g/mol. The van der Waals surface area contributed by atoms with Gasteiger partial charge < -0.3 is 5.11 Å². The van der Waals surface area contributed by atoms with Gasteiger partial charge in [-0.1, -0.05) is 43.3 Å². The van der Waals surface area contributed by atoms with E-state index in [4.69, 9.17) is 5.11 Å². The molecule has 0 aromatic heterocycles. The minimum Gasteiger partial charge on any atom is -0.480 e. The van der Waals surface area contributed by atoms with E-state index in [1.54, 1.807) is 0 Å². The van der Waals surface area contributed by atoms with Gasteiger partial charge in [0.25, 0.3) is 0 Å². The van der Waals surface area contributed by atoms with Crippen molar-refractivity contribution in [2.45, 2.75) is 38.8 Å². The maximum absolute atomic E-state index is 11.0. The molecule has 26 heavy (non-hydrogen) atoms. The summed E-state index contributed by atoms with van der Waals surface area (Å²) in [5.41, 5.74) is 1.36. The number of piperidine rings is 1. The van der Waals surface area contributed by atoms with Gasteiger partial charge in [-0.2, -0.15) is 0 Å². The molecule has 4 nitrogen and oxygen atoms in total. The fourth-order valence-electron chi connectivity index (χ4n) is 3.99. The van der Waals surface area contributed by atoms with Crippen molar-refractivity contribution in [1.29, 1.82) is 0 Å². The Bertz CT molecular complexity index is 729. The van der Waals surface area contributed by atoms with Gasteiger partial charge in [0.15, 0.2) is 0 Å². The van der Waals surface area contributed by atoms with Gasteiger partial charge in [0, 0.05) is 25.2 Å². The average Bonchev–Trinajstić information content (AvgIpc) is 2.65. The number of aliphatic carboxylic acids is 1. The molecule has 1 aliphatic rings. The Kier molecular flexibility index (Phi) is 7.44. The molecule has 1 aliphatic heterocycles. The predicted molar refractivity (Wildman–Crippen MR) is 109 cm³/mol. The zero-order valence-electron chi connectivity index (χ0n) is 15.6. The third kappa shape index (κ3) is 4.76. The van der Waals surface area contributed by atoms with Gasteiger partial charge in [-0.3, -0.25) is 14.6 Å². The molecule has 1 heterocycles. The van der Waals surface area contributed by atoms with E-state index in [1.807, 2.05) is 6.92 Å². The predicted octanol–water partition coefficient (Wildman–Crippen LogP) is 4.19. The summed E-state index contributed by atoms with van der Waals surface area (Å²) in [6, 6.07) is 16.0. The molecule has 1 fully saturated rings. The van der Waals surface area contributed by atoms with Gasteiger partial charge in [0.05, 0.1) is 6.54 Å². The summed E-state index contributed by atoms with van der Waals surface area (Å²) >= 11 is 0. The highest BCUT2D eigenvalue weighted by molar-refractivity contribution is 5.85. The van der Waals surface area contributed by atoms with Crippen LogP contribution >= 0.6 is 12.4 Å². The highest BCUT2D eigenvalue weighted by atomic mass is 35.5. The molecule has 0 aliphatic carbocycles. The molecular weight excluding hydrogens is 348 g/mol. The summed E-state index contributed by atoms with van der Waals surface area (Å²) in [6.07, 6.45) is 2.08. The molecule has 0 radical (unpaired) electrons. The molecule has 2 aromatic carbocycles. The summed E-state index contributed by atoms with van der Waals surface area (Å²) in [4.78, 5) is 15.6. The smallest absolute Gasteiger partial charge is 0.317 e. The molecule has 1 unspecified atom stereocenters. The van der Waals surface area contributed by atoms with Crippen LogP contribution in [0.15, 0.2) is 42.5 Å². The highest BCUT2D eigenvalue weighted by Gasteiger charge is 2.27. The Hall–Kier alpha value is -1.62. The number of benzene rings is 2. The van der Waals surface area contributed by atoms with Gasteiger partial charge in [-0.25, -0.2) is 0 Å². The molecule has 142 valence electrons. The Labute approximate surface area is 162 Å². The zero-order valence-corrected chi connectivity index (χ0v) is 16.4. The number of rotatable bonds is 6. The fraction of sp³-hybridized carbons (Fsp3) is 0.476. The molecule has 0 amide bonds. The standard InChI is InChI=1S/C21H28N2O2.ClH/c1-3-22(15-21(24)25)20-10-12-23(13-11-20)16(2)18-9-8-17-6-4-5-7-19(17)14-18;/h4-9,14,16,20H,3,10-13,15H2,1-2H3,(H,24,25);1H. The third-order valence-corrected chi connectivity index (χ3v) is 5.56. The Morgan fingerprint density at radius 1 is 1.19 bits per heavy atom. The van der Waals surface area contributed by atoms with Gasteiger partial charge >= 0.3 is 5.97 Å². The van der Waals surface area contributed by atoms with E-state index < -0.39 is 5.97 Å². The largest absolute Gasteiger partial charge is 0.480 e. The van der Waals surface area contributed by atoms with Crippen LogP contribution in [0.4, 0.5) is 0 Å². The SMILES string of the molecule is CCN(CC(=O)O)C1CCN(C(C)c2ccc3ccccc3c2)CC1.Cl. The first-order valence-corrected chi connectivity index (χ1v) is 9.27. The number of likely N-dealkylation sites (tertiary alicyclic amines) is 1. The number of carboxylic acids is 1. The molecule has 0 bridgehead atoms. The van der Waals surface area contributed by atoms with E-state index >= 15 is 0 Å². The van der Waals surface area contributed by atoms with Crippen LogP contribution in [-0.4, -0.2) is 53.1 Å². The van der Waals surface area contributed by atoms with Crippen LogP contribution in [0.25, 0.3) is 10.8 Å². The summed E-state index contributed by atoms with van der Waals surface area (Å²) in [7, 11) is 0. The van der Waals surface area contributed by atoms with Crippen molar-refractivity contribution in [1.82, 2.24) is 9.80 Å². The molecular formula is C21H29ClN2O2. The Morgan fingerprint density at radius 3 is 2.46 bits per heavy atom. The van der Waals surface area contributed by atoms with E-state index in [-0.39, 0.29) is 19.0 Å². The first-order valence-electron chi connectivity index (χ1n) is 9.27. The van der Waals surface area contributed by atoms with Crippen LogP contribution < -0.4 is 0 Å². The molecule has 0 spiro atoms. The van der Waals surface area contributed by atoms with Crippen LogP contribution in [0.1, 0.15) is 38.3 Å². The first-order chi connectivity index (χ1) is 12.1. The van der Waals surface area contributed by atoms with Crippen LogP contribution in [-0.2, 0) is 4.79 Å². The van der Waals surface area contributed by atoms with Crippen molar-refractivity contribution < 1.29 is 9.90 Å².